The fraction of sp³-hybridized carbons (Fsp3) is 0.360. The molecule has 0 aliphatic rings. The SMILES string of the molecule is CCCn1cc(-c2nc(Nc3ccc(C(=O)NCCOCCOCCN)cc3)nc3[nH]ccc23)cn1. The summed E-state index contributed by atoms with van der Waals surface area (Å²) in [6.07, 6.45) is 6.67. The van der Waals surface area contributed by atoms with E-state index >= 15 is 0 Å². The summed E-state index contributed by atoms with van der Waals surface area (Å²) in [5.41, 5.74) is 9.14. The molecule has 11 nitrogen and oxygen atoms in total. The van der Waals surface area contributed by atoms with Crippen LogP contribution in [0.1, 0.15) is 23.7 Å². The number of H-pyrrole nitrogens is 1. The summed E-state index contributed by atoms with van der Waals surface area (Å²) in [5, 5.41) is 11.4. The number of nitrogens with zero attached hydrogens (tertiary/aromatic N) is 4. The van der Waals surface area contributed by atoms with Crippen LogP contribution in [0, 0.1) is 0 Å². The normalized spacial score (nSPS) is 11.2. The zero-order chi connectivity index (χ0) is 25.2. The number of fused-ring (bicyclic) bond motifs is 1. The molecule has 3 heterocycles. The quantitative estimate of drug-likeness (QED) is 0.197. The lowest BCUT2D eigenvalue weighted by atomic mass is 10.2. The van der Waals surface area contributed by atoms with E-state index in [1.165, 1.54) is 0 Å². The van der Waals surface area contributed by atoms with E-state index in [0.717, 1.165) is 40.9 Å². The van der Waals surface area contributed by atoms with Crippen molar-refractivity contribution in [2.24, 2.45) is 5.73 Å². The highest BCUT2D eigenvalue weighted by atomic mass is 16.5. The van der Waals surface area contributed by atoms with Gasteiger partial charge in [-0.15, -0.1) is 0 Å². The van der Waals surface area contributed by atoms with Gasteiger partial charge in [0, 0.05) is 54.2 Å². The van der Waals surface area contributed by atoms with Gasteiger partial charge in [0.15, 0.2) is 0 Å². The molecule has 0 radical (unpaired) electrons. The van der Waals surface area contributed by atoms with Crippen LogP contribution in [0.5, 0.6) is 0 Å². The Morgan fingerprint density at radius 2 is 1.89 bits per heavy atom. The van der Waals surface area contributed by atoms with Gasteiger partial charge in [0.25, 0.3) is 5.91 Å². The maximum Gasteiger partial charge on any atom is 0.251 e. The van der Waals surface area contributed by atoms with Crippen molar-refractivity contribution in [1.29, 1.82) is 0 Å². The number of ether oxygens (including phenoxy) is 2. The number of hydrogen-bond donors (Lipinski definition) is 4. The lowest BCUT2D eigenvalue weighted by molar-refractivity contribution is 0.0511. The second kappa shape index (κ2) is 12.8. The van der Waals surface area contributed by atoms with Gasteiger partial charge in [0.2, 0.25) is 5.95 Å². The summed E-state index contributed by atoms with van der Waals surface area (Å²) in [4.78, 5) is 24.9. The number of aryl methyl sites for hydroxylation is 1. The smallest absolute Gasteiger partial charge is 0.251 e. The highest BCUT2D eigenvalue weighted by Gasteiger charge is 2.13. The number of hydrogen-bond acceptors (Lipinski definition) is 8. The lowest BCUT2D eigenvalue weighted by Gasteiger charge is -2.09. The highest BCUT2D eigenvalue weighted by Crippen LogP contribution is 2.27. The highest BCUT2D eigenvalue weighted by molar-refractivity contribution is 5.94. The van der Waals surface area contributed by atoms with E-state index in [9.17, 15) is 4.79 Å². The van der Waals surface area contributed by atoms with Gasteiger partial charge in [-0.05, 0) is 36.8 Å². The van der Waals surface area contributed by atoms with Crippen molar-refractivity contribution in [2.45, 2.75) is 19.9 Å². The van der Waals surface area contributed by atoms with Crippen LogP contribution >= 0.6 is 0 Å². The number of carbonyl (C=O) groups excluding carboxylic acids is 1. The molecule has 0 atom stereocenters. The Morgan fingerprint density at radius 3 is 2.67 bits per heavy atom. The molecule has 0 aliphatic heterocycles. The number of aromatic amines is 1. The Kier molecular flexibility index (Phi) is 8.98. The zero-order valence-corrected chi connectivity index (χ0v) is 20.4. The summed E-state index contributed by atoms with van der Waals surface area (Å²) < 4.78 is 12.6. The van der Waals surface area contributed by atoms with Gasteiger partial charge in [-0.2, -0.15) is 10.1 Å². The van der Waals surface area contributed by atoms with Crippen molar-refractivity contribution in [2.75, 3.05) is 44.8 Å². The van der Waals surface area contributed by atoms with Gasteiger partial charge in [0.05, 0.1) is 38.3 Å². The molecule has 3 aromatic heterocycles. The van der Waals surface area contributed by atoms with E-state index in [1.54, 1.807) is 12.1 Å². The predicted octanol–water partition coefficient (Wildman–Crippen LogP) is 2.70. The Morgan fingerprint density at radius 1 is 1.08 bits per heavy atom. The number of aromatic nitrogens is 5. The number of nitrogens with one attached hydrogen (secondary N) is 3. The molecular weight excluding hydrogens is 460 g/mol. The standard InChI is InChI=1S/C25H32N8O3/c1-2-11-33-17-19(16-29-33)22-21-7-9-27-23(21)32-25(31-22)30-20-5-3-18(4-6-20)24(34)28-10-13-36-15-14-35-12-8-26/h3-7,9,16-17H,2,8,10-15,26H2,1H3,(H,28,34)(H2,27,30,31,32). The number of anilines is 2. The molecule has 1 amide bonds. The molecule has 0 saturated heterocycles. The summed E-state index contributed by atoms with van der Waals surface area (Å²) in [5.74, 6) is 0.285. The second-order valence-electron chi connectivity index (χ2n) is 8.10. The molecule has 4 aromatic rings. The van der Waals surface area contributed by atoms with E-state index in [2.05, 4.69) is 32.6 Å². The van der Waals surface area contributed by atoms with Crippen LogP contribution < -0.4 is 16.4 Å². The molecule has 0 bridgehead atoms. The summed E-state index contributed by atoms with van der Waals surface area (Å²) >= 11 is 0. The molecule has 0 fully saturated rings. The Bertz CT molecular complexity index is 1250. The minimum atomic E-state index is -0.167. The van der Waals surface area contributed by atoms with Crippen LogP contribution in [0.2, 0.25) is 0 Å². The molecule has 4 rings (SSSR count). The van der Waals surface area contributed by atoms with Crippen LogP contribution in [0.3, 0.4) is 0 Å². The van der Waals surface area contributed by atoms with Crippen molar-refractivity contribution >= 4 is 28.6 Å². The molecule has 0 saturated carbocycles. The van der Waals surface area contributed by atoms with E-state index < -0.39 is 0 Å². The number of carbonyl (C=O) groups is 1. The van der Waals surface area contributed by atoms with Gasteiger partial charge >= 0.3 is 0 Å². The molecule has 0 aliphatic carbocycles. The molecular formula is C25H32N8O3. The zero-order valence-electron chi connectivity index (χ0n) is 20.4. The van der Waals surface area contributed by atoms with E-state index in [0.29, 0.717) is 51.0 Å². The number of nitrogens with two attached hydrogens (primary N) is 1. The maximum absolute atomic E-state index is 12.4. The third-order valence-corrected chi connectivity index (χ3v) is 5.34. The van der Waals surface area contributed by atoms with Crippen molar-refractivity contribution in [1.82, 2.24) is 30.0 Å². The molecule has 0 unspecified atom stereocenters. The third-order valence-electron chi connectivity index (χ3n) is 5.34. The van der Waals surface area contributed by atoms with E-state index in [1.807, 2.05) is 41.5 Å². The lowest BCUT2D eigenvalue weighted by Crippen LogP contribution is -2.27. The minimum absolute atomic E-state index is 0.167. The van der Waals surface area contributed by atoms with Gasteiger partial charge in [-0.1, -0.05) is 6.92 Å². The van der Waals surface area contributed by atoms with Crippen LogP contribution in [-0.4, -0.2) is 70.2 Å². The van der Waals surface area contributed by atoms with Gasteiger partial charge in [0.1, 0.15) is 5.65 Å². The molecule has 0 spiro atoms. The van der Waals surface area contributed by atoms with Crippen LogP contribution in [0.15, 0.2) is 48.9 Å². The number of amides is 1. The topological polar surface area (TPSA) is 145 Å². The Labute approximate surface area is 209 Å². The molecule has 1 aromatic carbocycles. The first-order valence-electron chi connectivity index (χ1n) is 12.1. The van der Waals surface area contributed by atoms with Crippen molar-refractivity contribution < 1.29 is 14.3 Å². The van der Waals surface area contributed by atoms with Crippen molar-refractivity contribution in [3.8, 4) is 11.3 Å². The van der Waals surface area contributed by atoms with Gasteiger partial charge < -0.3 is 30.8 Å². The molecule has 190 valence electrons. The average molecular weight is 493 g/mol. The van der Waals surface area contributed by atoms with Gasteiger partial charge in [-0.25, -0.2) is 4.98 Å². The summed E-state index contributed by atoms with van der Waals surface area (Å²) in [6, 6.07) is 9.10. The Hall–Kier alpha value is -3.80. The van der Waals surface area contributed by atoms with Crippen LogP contribution in [0.25, 0.3) is 22.3 Å². The van der Waals surface area contributed by atoms with Gasteiger partial charge in [-0.3, -0.25) is 9.48 Å². The number of rotatable bonds is 14. The van der Waals surface area contributed by atoms with Crippen molar-refractivity contribution in [3.63, 3.8) is 0 Å². The van der Waals surface area contributed by atoms with E-state index in [4.69, 9.17) is 20.2 Å². The van der Waals surface area contributed by atoms with Crippen LogP contribution in [-0.2, 0) is 16.0 Å². The predicted molar refractivity (Wildman–Crippen MR) is 138 cm³/mol. The molecule has 36 heavy (non-hydrogen) atoms. The van der Waals surface area contributed by atoms with Crippen LogP contribution in [0.4, 0.5) is 11.6 Å². The molecule has 11 heteroatoms. The fourth-order valence-electron chi connectivity index (χ4n) is 3.63. The Balaban J connectivity index is 1.35. The monoisotopic (exact) mass is 492 g/mol. The summed E-state index contributed by atoms with van der Waals surface area (Å²) in [6.45, 7) is 5.76. The first-order chi connectivity index (χ1) is 17.7. The molecule has 5 N–H and O–H groups in total. The maximum atomic E-state index is 12.4. The summed E-state index contributed by atoms with van der Waals surface area (Å²) in [7, 11) is 0. The minimum Gasteiger partial charge on any atom is -0.378 e. The third kappa shape index (κ3) is 6.66. The first-order valence-corrected chi connectivity index (χ1v) is 12.1. The fourth-order valence-corrected chi connectivity index (χ4v) is 3.63. The average Bonchev–Trinajstić information content (AvgIpc) is 3.55. The largest absolute Gasteiger partial charge is 0.378 e. The second-order valence-corrected chi connectivity index (χ2v) is 8.10. The van der Waals surface area contributed by atoms with Crippen molar-refractivity contribution in [3.05, 3.63) is 54.5 Å². The first kappa shape index (κ1) is 25.3. The number of benzene rings is 1. The van der Waals surface area contributed by atoms with E-state index in [-0.39, 0.29) is 5.91 Å².